The predicted molar refractivity (Wildman–Crippen MR) is 559 cm³/mol. The number of ether oxygens (including phenoxy) is 2. The van der Waals surface area contributed by atoms with E-state index in [0.29, 0.717) is 0 Å². The lowest BCUT2D eigenvalue weighted by Crippen LogP contribution is -2.38. The number of morpholine rings is 2. The molecule has 0 bridgehead atoms. The van der Waals surface area contributed by atoms with Crippen LogP contribution in [0.5, 0.6) is 0 Å². The van der Waals surface area contributed by atoms with Crippen molar-refractivity contribution in [3.8, 4) is 0 Å². The minimum Gasteiger partial charge on any atom is -0.456 e. The number of fused-ring (bicyclic) bond motifs is 24. The fourth-order valence-corrected chi connectivity index (χ4v) is 24.5. The van der Waals surface area contributed by atoms with Crippen molar-refractivity contribution in [2.75, 3.05) is 134 Å². The number of hydrogen-bond donors (Lipinski definition) is 0. The molecule has 6 aliphatic rings. The molecule has 12 heterocycles. The molecule has 27 rings (SSSR count). The molecule has 0 saturated carbocycles. The van der Waals surface area contributed by atoms with E-state index < -0.39 is 0 Å². The largest absolute Gasteiger partial charge is 0.456 e. The zero-order valence-corrected chi connectivity index (χ0v) is 78.5. The minimum absolute atomic E-state index is 0.259. The lowest BCUT2D eigenvalue weighted by atomic mass is 9.91. The van der Waals surface area contributed by atoms with E-state index in [9.17, 15) is 0 Å². The quantitative estimate of drug-likeness (QED) is 0.136. The number of benzene rings is 15. The van der Waals surface area contributed by atoms with E-state index in [1.807, 2.05) is 0 Å². The Balaban J connectivity index is 0.000000107. The van der Waals surface area contributed by atoms with E-state index in [0.717, 1.165) is 239 Å². The molecule has 0 N–H and O–H groups in total. The minimum atomic E-state index is 0.259. The van der Waals surface area contributed by atoms with Crippen molar-refractivity contribution in [1.29, 1.82) is 0 Å². The van der Waals surface area contributed by atoms with Gasteiger partial charge in [0.2, 0.25) is 0 Å². The van der Waals surface area contributed by atoms with Crippen LogP contribution in [0.15, 0.2) is 227 Å². The zero-order valence-electron chi connectivity index (χ0n) is 78.5. The van der Waals surface area contributed by atoms with Gasteiger partial charge in [-0.15, -0.1) is 0 Å². The number of hydrogen-bond acceptors (Lipinski definition) is 14. The Labute approximate surface area is 774 Å². The van der Waals surface area contributed by atoms with Crippen molar-refractivity contribution in [1.82, 2.24) is 0 Å². The average molecular weight is 1760 g/mol. The summed E-state index contributed by atoms with van der Waals surface area (Å²) < 4.78 is 51.5. The van der Waals surface area contributed by atoms with Gasteiger partial charge < -0.3 is 65.4 Å². The maximum Gasteiger partial charge on any atom is 0.139 e. The maximum absolute atomic E-state index is 6.83. The summed E-state index contributed by atoms with van der Waals surface area (Å²) >= 11 is 0. The number of furan rings is 6. The van der Waals surface area contributed by atoms with Gasteiger partial charge in [-0.1, -0.05) is 106 Å². The molecular formula is C119H118N6O8. The first-order chi connectivity index (χ1) is 64.9. The van der Waals surface area contributed by atoms with Crippen LogP contribution in [0, 0.1) is 23.7 Å². The predicted octanol–water partition coefficient (Wildman–Crippen LogP) is 31.4. The summed E-state index contributed by atoms with van der Waals surface area (Å²) in [5.74, 6) is 3.70. The summed E-state index contributed by atoms with van der Waals surface area (Å²) in [6, 6.07) is 75.2. The monoisotopic (exact) mass is 1760 g/mol. The molecule has 0 spiro atoms. The normalized spacial score (nSPS) is 18.8. The van der Waals surface area contributed by atoms with Gasteiger partial charge in [-0.3, -0.25) is 0 Å². The standard InChI is InChI=1S/C43H46N2O2.C39H38N2O2.C37H34N2O4/c1-24(2)41-42-37-16-30-8-10-34(45-22-27(5)12-28(6)23-45)14-32(30)18-39(37)46-40(42)19-36-35-15-29-7-9-33(44-20-25(3)11-26(4)21-44)13-31(29)17-38(35)47-43(36)41;1-24(2)37-38-33-20-26-10-12-30(41-15-7-4-8-16-41)18-28(26)22-35(33)42-36(38)23-32-31-19-25-9-11-29(40-13-5-3-6-14-40)17-27(25)21-34(31)43-39(32)37;1-22(2)35-36-31-18-24-4-6-28(39-9-13-41-14-10-39)16-26(24)20-33(31)42-34(36)21-30-29-17-23-3-5-27(38-7-11-40-12-8-38)15-25(23)19-32(29)43-37(30)35/h7-10,13-19,24-28H,11-12,20-23H2,1-6H3;9-12,17-24H,3-8,13-16H2,1-2H3;3-6,15-22H,7-14H2,1-2H3. The van der Waals surface area contributed by atoms with Crippen molar-refractivity contribution in [3.63, 3.8) is 0 Å². The van der Waals surface area contributed by atoms with Crippen LogP contribution in [-0.2, 0) is 9.47 Å². The van der Waals surface area contributed by atoms with Crippen LogP contribution in [0.1, 0.15) is 155 Å². The molecular weight excluding hydrogens is 1640 g/mol. The Morgan fingerprint density at radius 2 is 0.451 bits per heavy atom. The Morgan fingerprint density at radius 1 is 0.218 bits per heavy atom. The van der Waals surface area contributed by atoms with Gasteiger partial charge in [0.15, 0.2) is 0 Å². The first-order valence-corrected chi connectivity index (χ1v) is 49.7. The Kier molecular flexibility index (Phi) is 20.2. The molecule has 4 atom stereocenters. The topological polar surface area (TPSA) is 117 Å². The Morgan fingerprint density at radius 3 is 0.707 bits per heavy atom. The van der Waals surface area contributed by atoms with Crippen molar-refractivity contribution in [2.24, 2.45) is 23.7 Å². The molecule has 4 unspecified atom stereocenters. The summed E-state index contributed by atoms with van der Waals surface area (Å²) in [6.45, 7) is 39.0. The molecule has 0 radical (unpaired) electrons. The molecule has 21 aromatic rings. The van der Waals surface area contributed by atoms with E-state index >= 15 is 0 Å². The first kappa shape index (κ1) is 82.3. The summed E-state index contributed by atoms with van der Waals surface area (Å²) in [6.07, 6.45) is 10.4. The number of anilines is 6. The second-order valence-electron chi connectivity index (χ2n) is 41.5. The van der Waals surface area contributed by atoms with Crippen LogP contribution in [0.25, 0.3) is 196 Å². The lowest BCUT2D eigenvalue weighted by molar-refractivity contribution is 0.122. The highest BCUT2D eigenvalue weighted by Crippen LogP contribution is 2.51. The SMILES string of the molecule is CC(C)c1c2oc3cc4cc(N5CCCCC5)ccc4cc3c2cc2oc3cc4cc(N5CCCCC5)ccc4cc3c12.CC(C)c1c2oc3cc4cc(N5CCOCC5)ccc4cc3c2cc2oc3cc4cc(N5CCOCC5)ccc4cc3c12.CC1CC(C)CN(c2ccc3cc4c(cc3c2)oc2c(C(C)C)c3c(cc24)oc2cc4cc(N5CC(C)CC(C)C5)ccc4cc23)C1. The third-order valence-electron chi connectivity index (χ3n) is 30.7. The highest BCUT2D eigenvalue weighted by atomic mass is 16.5. The van der Waals surface area contributed by atoms with Crippen LogP contribution < -0.4 is 29.4 Å². The van der Waals surface area contributed by atoms with Gasteiger partial charge in [0.05, 0.1) is 26.4 Å². The highest BCUT2D eigenvalue weighted by molar-refractivity contribution is 6.24. The van der Waals surface area contributed by atoms with Gasteiger partial charge >= 0.3 is 0 Å². The van der Waals surface area contributed by atoms with Crippen molar-refractivity contribution < 1.29 is 36.0 Å². The molecule has 6 aromatic heterocycles. The molecule has 672 valence electrons. The van der Waals surface area contributed by atoms with Gasteiger partial charge in [0, 0.05) is 194 Å². The molecule has 0 amide bonds. The smallest absolute Gasteiger partial charge is 0.139 e. The van der Waals surface area contributed by atoms with E-state index in [1.165, 1.54) is 188 Å². The molecule has 14 nitrogen and oxygen atoms in total. The van der Waals surface area contributed by atoms with Crippen LogP contribution >= 0.6 is 0 Å². The Bertz CT molecular complexity index is 7800. The zero-order chi connectivity index (χ0) is 89.4. The summed E-state index contributed by atoms with van der Waals surface area (Å²) in [4.78, 5) is 15.0. The highest BCUT2D eigenvalue weighted by Gasteiger charge is 2.31. The van der Waals surface area contributed by atoms with Gasteiger partial charge in [-0.05, 0) is 321 Å². The summed E-state index contributed by atoms with van der Waals surface area (Å²) in [5, 5.41) is 28.7. The fourth-order valence-electron chi connectivity index (χ4n) is 24.5. The van der Waals surface area contributed by atoms with Crippen molar-refractivity contribution in [3.05, 3.63) is 217 Å². The summed E-state index contributed by atoms with van der Waals surface area (Å²) in [5.41, 5.74) is 22.8. The first-order valence-electron chi connectivity index (χ1n) is 49.7. The second kappa shape index (κ2) is 32.6. The van der Waals surface area contributed by atoms with E-state index in [1.54, 1.807) is 0 Å². The molecule has 0 aliphatic carbocycles. The lowest BCUT2D eigenvalue weighted by Gasteiger charge is -2.36. The van der Waals surface area contributed by atoms with Crippen LogP contribution in [0.4, 0.5) is 34.1 Å². The van der Waals surface area contributed by atoms with E-state index in [2.05, 4.69) is 299 Å². The van der Waals surface area contributed by atoms with Crippen molar-refractivity contribution >= 4 is 230 Å². The van der Waals surface area contributed by atoms with Gasteiger partial charge in [-0.25, -0.2) is 0 Å². The average Bonchev–Trinajstić information content (AvgIpc) is 1.57. The van der Waals surface area contributed by atoms with Gasteiger partial charge in [-0.2, -0.15) is 0 Å². The van der Waals surface area contributed by atoms with Crippen LogP contribution in [0.2, 0.25) is 0 Å². The molecule has 6 aliphatic heterocycles. The summed E-state index contributed by atoms with van der Waals surface area (Å²) in [7, 11) is 0. The van der Waals surface area contributed by atoms with Crippen molar-refractivity contribution in [2.45, 2.75) is 138 Å². The fraction of sp³-hybridized carbons (Fsp3) is 0.345. The number of rotatable bonds is 9. The molecule has 133 heavy (non-hydrogen) atoms. The van der Waals surface area contributed by atoms with Gasteiger partial charge in [0.25, 0.3) is 0 Å². The molecule has 6 fully saturated rings. The van der Waals surface area contributed by atoms with Crippen LogP contribution in [-0.4, -0.2) is 105 Å². The molecule has 14 heteroatoms. The van der Waals surface area contributed by atoms with Gasteiger partial charge in [0.1, 0.15) is 67.0 Å². The number of nitrogens with zero attached hydrogens (tertiary/aromatic N) is 6. The Hall–Kier alpha value is -12.6. The maximum atomic E-state index is 6.83. The van der Waals surface area contributed by atoms with Crippen LogP contribution in [0.3, 0.4) is 0 Å². The number of piperidine rings is 4. The second-order valence-corrected chi connectivity index (χ2v) is 41.5. The third kappa shape index (κ3) is 14.5. The van der Waals surface area contributed by atoms with E-state index in [4.69, 9.17) is 36.0 Å². The van der Waals surface area contributed by atoms with E-state index in [-0.39, 0.29) is 17.8 Å². The molecule has 15 aromatic carbocycles. The third-order valence-corrected chi connectivity index (χ3v) is 30.7. The molecule has 6 saturated heterocycles.